The summed E-state index contributed by atoms with van der Waals surface area (Å²) < 4.78 is 56.3. The van der Waals surface area contributed by atoms with Gasteiger partial charge in [0, 0.05) is 67.1 Å². The number of anilines is 1. The number of ether oxygens (including phenoxy) is 2. The summed E-state index contributed by atoms with van der Waals surface area (Å²) in [6, 6.07) is 9.82. The summed E-state index contributed by atoms with van der Waals surface area (Å²) in [4.78, 5) is 45.9. The molecule has 2 N–H and O–H groups in total. The van der Waals surface area contributed by atoms with Gasteiger partial charge in [-0.2, -0.15) is 13.2 Å². The van der Waals surface area contributed by atoms with Gasteiger partial charge in [-0.1, -0.05) is 0 Å². The molecule has 13 heteroatoms. The Hall–Kier alpha value is -4.68. The first-order chi connectivity index (χ1) is 24.8. The molecule has 1 saturated heterocycles. The van der Waals surface area contributed by atoms with Gasteiger partial charge in [0.2, 0.25) is 5.95 Å². The van der Waals surface area contributed by atoms with Crippen LogP contribution in [0.5, 0.6) is 5.75 Å². The van der Waals surface area contributed by atoms with Crippen molar-refractivity contribution in [2.45, 2.75) is 89.1 Å². The first-order valence-electron chi connectivity index (χ1n) is 18.2. The Morgan fingerprint density at radius 3 is 2.25 bits per heavy atom. The molecule has 4 bridgehead atoms. The van der Waals surface area contributed by atoms with E-state index in [0.29, 0.717) is 40.0 Å². The number of rotatable bonds is 7. The fourth-order valence-corrected chi connectivity index (χ4v) is 9.35. The Morgan fingerprint density at radius 1 is 0.942 bits per heavy atom. The van der Waals surface area contributed by atoms with E-state index in [2.05, 4.69) is 30.2 Å². The molecule has 4 aliphatic carbocycles. The zero-order valence-corrected chi connectivity index (χ0v) is 29.5. The molecule has 0 unspecified atom stereocenters. The van der Waals surface area contributed by atoms with Gasteiger partial charge in [0.25, 0.3) is 5.91 Å². The van der Waals surface area contributed by atoms with Crippen LogP contribution in [0.3, 0.4) is 0 Å². The van der Waals surface area contributed by atoms with Gasteiger partial charge in [0.05, 0.1) is 11.3 Å². The number of carbonyl (C=O) groups is 2. The molecule has 1 amide bonds. The van der Waals surface area contributed by atoms with E-state index in [-0.39, 0.29) is 23.6 Å². The topological polar surface area (TPSA) is 122 Å². The van der Waals surface area contributed by atoms with Crippen LogP contribution in [0.1, 0.15) is 81.8 Å². The van der Waals surface area contributed by atoms with Gasteiger partial charge in [-0.25, -0.2) is 19.7 Å². The van der Waals surface area contributed by atoms with Crippen LogP contribution < -0.4 is 15.0 Å². The van der Waals surface area contributed by atoms with Crippen LogP contribution in [0.4, 0.5) is 19.1 Å². The van der Waals surface area contributed by atoms with Gasteiger partial charge < -0.3 is 24.7 Å². The average Bonchev–Trinajstić information content (AvgIpc) is 3.52. The number of aromatic amines is 1. The van der Waals surface area contributed by atoms with Crippen molar-refractivity contribution in [3.8, 4) is 17.0 Å². The Labute approximate surface area is 299 Å². The van der Waals surface area contributed by atoms with E-state index in [1.165, 1.54) is 12.1 Å². The summed E-state index contributed by atoms with van der Waals surface area (Å²) >= 11 is 0. The first-order valence-corrected chi connectivity index (χ1v) is 18.2. The molecule has 10 nitrogen and oxygen atoms in total. The number of hydrogen-bond donors (Lipinski definition) is 2. The number of H-pyrrole nitrogens is 1. The Balaban J connectivity index is 1.03. The number of carbonyl (C=O) groups excluding carboxylic acids is 2. The molecule has 5 fully saturated rings. The standard InChI is InChI=1S/C39H43F3N6O4/c1-37(2,3)52-35(50)38(24-16-22-15-23(18-24)19-25(38)17-22)47-34(49)29-7-8-31(46-33(29)39(40,41)42)30-21-45-32-20-27(5-6-28(30)32)51-26-9-13-48(14-10-26)36-43-11-4-12-44-36/h4-8,11-12,20-26,45H,9-10,13-19H2,1-3H3,(H,47,49). The minimum Gasteiger partial charge on any atom is -0.490 e. The third-order valence-corrected chi connectivity index (χ3v) is 11.4. The predicted molar refractivity (Wildman–Crippen MR) is 188 cm³/mol. The van der Waals surface area contributed by atoms with Crippen LogP contribution in [0.2, 0.25) is 0 Å². The fraction of sp³-hybridized carbons (Fsp3) is 0.513. The minimum atomic E-state index is -4.93. The van der Waals surface area contributed by atoms with Crippen molar-refractivity contribution in [3.63, 3.8) is 0 Å². The van der Waals surface area contributed by atoms with E-state index in [1.807, 2.05) is 6.07 Å². The van der Waals surface area contributed by atoms with E-state index in [0.717, 1.165) is 58.0 Å². The highest BCUT2D eigenvalue weighted by molar-refractivity contribution is 6.01. The molecule has 4 aromatic rings. The second-order valence-corrected chi connectivity index (χ2v) is 16.0. The van der Waals surface area contributed by atoms with E-state index in [1.54, 1.807) is 57.6 Å². The quantitative estimate of drug-likeness (QED) is 0.191. The second kappa shape index (κ2) is 12.8. The molecule has 0 atom stereocenters. The number of amides is 1. The summed E-state index contributed by atoms with van der Waals surface area (Å²) in [5.41, 5.74) is -2.92. The molecule has 3 aromatic heterocycles. The summed E-state index contributed by atoms with van der Waals surface area (Å²) in [7, 11) is 0. The van der Waals surface area contributed by atoms with Crippen molar-refractivity contribution in [1.29, 1.82) is 0 Å². The number of fused-ring (bicyclic) bond motifs is 1. The van der Waals surface area contributed by atoms with E-state index in [4.69, 9.17) is 9.47 Å². The van der Waals surface area contributed by atoms with Crippen molar-refractivity contribution in [2.75, 3.05) is 18.0 Å². The molecule has 1 aromatic carbocycles. The van der Waals surface area contributed by atoms with Gasteiger partial charge in [-0.3, -0.25) is 4.79 Å². The number of hydrogen-bond acceptors (Lipinski definition) is 8. The van der Waals surface area contributed by atoms with Gasteiger partial charge in [-0.15, -0.1) is 0 Å². The monoisotopic (exact) mass is 716 g/mol. The molecule has 9 rings (SSSR count). The Bertz CT molecular complexity index is 1960. The summed E-state index contributed by atoms with van der Waals surface area (Å²) in [6.45, 7) is 6.79. The SMILES string of the molecule is CC(C)(C)OC(=O)C1(NC(=O)c2ccc(-c3c[nH]c4cc(OC5CCN(c6ncccn6)CC5)ccc34)nc2C(F)(F)F)C2CC3CC(C2)CC1C3. The van der Waals surface area contributed by atoms with Crippen LogP contribution in [0.15, 0.2) is 55.0 Å². The lowest BCUT2D eigenvalue weighted by Gasteiger charge is -2.59. The smallest absolute Gasteiger partial charge is 0.434 e. The highest BCUT2D eigenvalue weighted by Crippen LogP contribution is 2.59. The number of benzene rings is 1. The first kappa shape index (κ1) is 34.4. The van der Waals surface area contributed by atoms with Crippen molar-refractivity contribution in [2.24, 2.45) is 23.7 Å². The number of halogens is 3. The largest absolute Gasteiger partial charge is 0.490 e. The van der Waals surface area contributed by atoms with Gasteiger partial charge >= 0.3 is 12.1 Å². The van der Waals surface area contributed by atoms with E-state index < -0.39 is 40.5 Å². The number of esters is 1. The minimum absolute atomic E-state index is 0.00475. The molecular weight excluding hydrogens is 673 g/mol. The maximum Gasteiger partial charge on any atom is 0.434 e. The number of piperidine rings is 1. The van der Waals surface area contributed by atoms with Crippen LogP contribution >= 0.6 is 0 Å². The molecule has 0 radical (unpaired) electrons. The average molecular weight is 717 g/mol. The summed E-state index contributed by atoms with van der Waals surface area (Å²) in [5.74, 6) is 0.340. The Kier molecular flexibility index (Phi) is 8.45. The molecule has 4 heterocycles. The number of aromatic nitrogens is 4. The van der Waals surface area contributed by atoms with Crippen LogP contribution in [-0.2, 0) is 15.7 Å². The zero-order valence-electron chi connectivity index (χ0n) is 29.5. The lowest BCUT2D eigenvalue weighted by Crippen LogP contribution is -2.71. The molecular formula is C39H43F3N6O4. The van der Waals surface area contributed by atoms with Crippen LogP contribution in [0, 0.1) is 23.7 Å². The highest BCUT2D eigenvalue weighted by atomic mass is 19.4. The second-order valence-electron chi connectivity index (χ2n) is 16.0. The van der Waals surface area contributed by atoms with E-state index in [9.17, 15) is 22.8 Å². The third kappa shape index (κ3) is 6.36. The van der Waals surface area contributed by atoms with Crippen molar-refractivity contribution < 1.29 is 32.2 Å². The number of nitrogens with one attached hydrogen (secondary N) is 2. The third-order valence-electron chi connectivity index (χ3n) is 11.4. The van der Waals surface area contributed by atoms with Gasteiger partial charge in [-0.05, 0) is 107 Å². The molecule has 5 aliphatic rings. The normalized spacial score (nSPS) is 26.1. The highest BCUT2D eigenvalue weighted by Gasteiger charge is 2.63. The van der Waals surface area contributed by atoms with Gasteiger partial charge in [0.1, 0.15) is 23.0 Å². The zero-order chi connectivity index (χ0) is 36.4. The van der Waals surface area contributed by atoms with E-state index >= 15 is 0 Å². The molecule has 274 valence electrons. The maximum atomic E-state index is 14.7. The lowest BCUT2D eigenvalue weighted by molar-refractivity contribution is -0.180. The van der Waals surface area contributed by atoms with Crippen molar-refractivity contribution >= 4 is 28.7 Å². The van der Waals surface area contributed by atoms with Crippen LogP contribution in [0.25, 0.3) is 22.2 Å². The van der Waals surface area contributed by atoms with Crippen molar-refractivity contribution in [3.05, 3.63) is 66.2 Å². The fourth-order valence-electron chi connectivity index (χ4n) is 9.35. The number of nitrogens with zero attached hydrogens (tertiary/aromatic N) is 4. The maximum absolute atomic E-state index is 14.7. The summed E-state index contributed by atoms with van der Waals surface area (Å²) in [6.07, 6.45) is 5.77. The predicted octanol–water partition coefficient (Wildman–Crippen LogP) is 7.35. The molecule has 1 aliphatic heterocycles. The number of alkyl halides is 3. The molecule has 4 saturated carbocycles. The van der Waals surface area contributed by atoms with Crippen LogP contribution in [-0.4, -0.2) is 62.1 Å². The van der Waals surface area contributed by atoms with Crippen molar-refractivity contribution in [1.82, 2.24) is 25.3 Å². The number of pyridine rings is 1. The Morgan fingerprint density at radius 2 is 1.62 bits per heavy atom. The van der Waals surface area contributed by atoms with Gasteiger partial charge in [0.15, 0.2) is 5.69 Å². The molecule has 0 spiro atoms. The molecule has 52 heavy (non-hydrogen) atoms. The lowest BCUT2D eigenvalue weighted by atomic mass is 9.48. The summed E-state index contributed by atoms with van der Waals surface area (Å²) in [5, 5.41) is 3.54.